The van der Waals surface area contributed by atoms with E-state index in [4.69, 9.17) is 21.8 Å². The molecule has 2 aromatic heterocycles. The van der Waals surface area contributed by atoms with Gasteiger partial charge in [0.25, 0.3) is 0 Å². The van der Waals surface area contributed by atoms with E-state index in [1.807, 2.05) is 12.1 Å². The van der Waals surface area contributed by atoms with Crippen LogP contribution in [-0.2, 0) is 5.75 Å². The lowest BCUT2D eigenvalue weighted by Gasteiger charge is -2.00. The highest BCUT2D eigenvalue weighted by Crippen LogP contribution is 2.26. The average Bonchev–Trinajstić information content (AvgIpc) is 2.96. The molecule has 2 heterocycles. The molecule has 0 bridgehead atoms. The van der Waals surface area contributed by atoms with Gasteiger partial charge in [0, 0.05) is 28.7 Å². The first-order chi connectivity index (χ1) is 10.2. The SMILES string of the molecule is Nc1nccnc1SCc1coc(-c2ccc(Cl)cc2)n1. The molecule has 0 unspecified atom stereocenters. The lowest BCUT2D eigenvalue weighted by molar-refractivity contribution is 0.573. The van der Waals surface area contributed by atoms with Gasteiger partial charge in [-0.1, -0.05) is 23.4 Å². The third-order valence-corrected chi connectivity index (χ3v) is 3.97. The molecule has 21 heavy (non-hydrogen) atoms. The van der Waals surface area contributed by atoms with Crippen molar-refractivity contribution in [3.05, 3.63) is 53.6 Å². The zero-order valence-electron chi connectivity index (χ0n) is 10.9. The summed E-state index contributed by atoms with van der Waals surface area (Å²) in [5.74, 6) is 1.60. The number of nitrogen functional groups attached to an aromatic ring is 1. The Hall–Kier alpha value is -2.05. The van der Waals surface area contributed by atoms with Crippen molar-refractivity contribution < 1.29 is 4.42 Å². The van der Waals surface area contributed by atoms with Crippen LogP contribution >= 0.6 is 23.4 Å². The highest BCUT2D eigenvalue weighted by atomic mass is 35.5. The van der Waals surface area contributed by atoms with E-state index in [-0.39, 0.29) is 0 Å². The lowest BCUT2D eigenvalue weighted by atomic mass is 10.2. The maximum absolute atomic E-state index is 5.86. The largest absolute Gasteiger partial charge is 0.444 e. The van der Waals surface area contributed by atoms with Gasteiger partial charge in [-0.25, -0.2) is 15.0 Å². The van der Waals surface area contributed by atoms with Gasteiger partial charge in [-0.15, -0.1) is 0 Å². The number of nitrogens with two attached hydrogens (primary N) is 1. The summed E-state index contributed by atoms with van der Waals surface area (Å²) in [5.41, 5.74) is 7.44. The van der Waals surface area contributed by atoms with E-state index in [1.165, 1.54) is 11.8 Å². The van der Waals surface area contributed by atoms with Crippen LogP contribution in [0.25, 0.3) is 11.5 Å². The predicted molar refractivity (Wildman–Crippen MR) is 83.0 cm³/mol. The number of hydrogen-bond acceptors (Lipinski definition) is 6. The Balaban J connectivity index is 1.71. The molecule has 0 saturated heterocycles. The summed E-state index contributed by atoms with van der Waals surface area (Å²) in [7, 11) is 0. The van der Waals surface area contributed by atoms with E-state index >= 15 is 0 Å². The fourth-order valence-corrected chi connectivity index (χ4v) is 2.57. The standard InChI is InChI=1S/C14H11ClN4OS/c15-10-3-1-9(2-4-10)13-19-11(7-20-13)8-21-14-12(16)17-5-6-18-14/h1-7H,8H2,(H2,16,17). The molecule has 7 heteroatoms. The molecule has 106 valence electrons. The number of thioether (sulfide) groups is 1. The second kappa shape index (κ2) is 6.15. The maximum atomic E-state index is 5.86. The van der Waals surface area contributed by atoms with Gasteiger partial charge >= 0.3 is 0 Å². The van der Waals surface area contributed by atoms with Crippen LogP contribution in [0.2, 0.25) is 5.02 Å². The Kier molecular flexibility index (Phi) is 4.08. The fourth-order valence-electron chi connectivity index (χ4n) is 1.69. The normalized spacial score (nSPS) is 10.7. The number of nitrogens with zero attached hydrogens (tertiary/aromatic N) is 3. The first kappa shape index (κ1) is 13.9. The van der Waals surface area contributed by atoms with Crippen molar-refractivity contribution in [3.8, 4) is 11.5 Å². The highest BCUT2D eigenvalue weighted by molar-refractivity contribution is 7.98. The van der Waals surface area contributed by atoms with Crippen LogP contribution in [0.4, 0.5) is 5.82 Å². The van der Waals surface area contributed by atoms with Gasteiger partial charge in [0.2, 0.25) is 5.89 Å². The minimum atomic E-state index is 0.420. The number of rotatable bonds is 4. The molecule has 0 saturated carbocycles. The molecule has 0 atom stereocenters. The summed E-state index contributed by atoms with van der Waals surface area (Å²) in [6, 6.07) is 7.34. The summed E-state index contributed by atoms with van der Waals surface area (Å²) in [5, 5.41) is 1.37. The van der Waals surface area contributed by atoms with E-state index in [0.717, 1.165) is 11.3 Å². The summed E-state index contributed by atoms with van der Waals surface area (Å²) >= 11 is 7.33. The van der Waals surface area contributed by atoms with E-state index in [1.54, 1.807) is 30.8 Å². The van der Waals surface area contributed by atoms with Crippen LogP contribution in [0.15, 0.2) is 52.4 Å². The zero-order valence-corrected chi connectivity index (χ0v) is 12.4. The molecular weight excluding hydrogens is 308 g/mol. The van der Waals surface area contributed by atoms with Crippen molar-refractivity contribution in [2.45, 2.75) is 10.8 Å². The first-order valence-electron chi connectivity index (χ1n) is 6.12. The summed E-state index contributed by atoms with van der Waals surface area (Å²) in [4.78, 5) is 12.6. The lowest BCUT2D eigenvalue weighted by Crippen LogP contribution is -1.95. The predicted octanol–water partition coefficient (Wildman–Crippen LogP) is 3.66. The molecular formula is C14H11ClN4OS. The van der Waals surface area contributed by atoms with Crippen LogP contribution in [-0.4, -0.2) is 15.0 Å². The Morgan fingerprint density at radius 3 is 2.67 bits per heavy atom. The van der Waals surface area contributed by atoms with Gasteiger partial charge in [-0.05, 0) is 24.3 Å². The van der Waals surface area contributed by atoms with Gasteiger partial charge in [-0.3, -0.25) is 0 Å². The number of oxazole rings is 1. The highest BCUT2D eigenvalue weighted by Gasteiger charge is 2.09. The van der Waals surface area contributed by atoms with Crippen LogP contribution < -0.4 is 5.73 Å². The minimum absolute atomic E-state index is 0.420. The second-order valence-electron chi connectivity index (χ2n) is 4.19. The van der Waals surface area contributed by atoms with E-state index < -0.39 is 0 Å². The quantitative estimate of drug-likeness (QED) is 0.740. The molecule has 0 aliphatic heterocycles. The molecule has 0 fully saturated rings. The Labute approximate surface area is 130 Å². The fraction of sp³-hybridized carbons (Fsp3) is 0.0714. The maximum Gasteiger partial charge on any atom is 0.226 e. The Morgan fingerprint density at radius 1 is 1.14 bits per heavy atom. The Bertz CT molecular complexity index is 745. The van der Waals surface area contributed by atoms with Crippen molar-refractivity contribution >= 4 is 29.2 Å². The van der Waals surface area contributed by atoms with E-state index in [0.29, 0.717) is 27.5 Å². The molecule has 3 rings (SSSR count). The molecule has 0 radical (unpaired) electrons. The van der Waals surface area contributed by atoms with Gasteiger partial charge in [-0.2, -0.15) is 0 Å². The first-order valence-corrected chi connectivity index (χ1v) is 7.48. The minimum Gasteiger partial charge on any atom is -0.444 e. The van der Waals surface area contributed by atoms with Gasteiger partial charge in [0.05, 0.1) is 5.69 Å². The molecule has 2 N–H and O–H groups in total. The molecule has 0 aliphatic carbocycles. The van der Waals surface area contributed by atoms with Gasteiger partial charge < -0.3 is 10.2 Å². The summed E-state index contributed by atoms with van der Waals surface area (Å²) in [6.45, 7) is 0. The van der Waals surface area contributed by atoms with Crippen molar-refractivity contribution in [2.75, 3.05) is 5.73 Å². The third kappa shape index (κ3) is 3.34. The number of benzene rings is 1. The number of hydrogen-bond donors (Lipinski definition) is 1. The monoisotopic (exact) mass is 318 g/mol. The van der Waals surface area contributed by atoms with Crippen LogP contribution in [0.5, 0.6) is 0 Å². The summed E-state index contributed by atoms with van der Waals surface area (Å²) in [6.07, 6.45) is 4.80. The summed E-state index contributed by atoms with van der Waals surface area (Å²) < 4.78 is 5.47. The topological polar surface area (TPSA) is 77.8 Å². The number of aromatic nitrogens is 3. The smallest absolute Gasteiger partial charge is 0.226 e. The molecule has 0 amide bonds. The van der Waals surface area contributed by atoms with Crippen molar-refractivity contribution in [1.29, 1.82) is 0 Å². The Morgan fingerprint density at radius 2 is 1.90 bits per heavy atom. The van der Waals surface area contributed by atoms with E-state index in [9.17, 15) is 0 Å². The molecule has 3 aromatic rings. The third-order valence-electron chi connectivity index (χ3n) is 2.69. The molecule has 5 nitrogen and oxygen atoms in total. The van der Waals surface area contributed by atoms with Crippen molar-refractivity contribution in [2.24, 2.45) is 0 Å². The molecule has 0 spiro atoms. The number of anilines is 1. The van der Waals surface area contributed by atoms with Gasteiger partial charge in [0.15, 0.2) is 5.82 Å². The van der Waals surface area contributed by atoms with Gasteiger partial charge in [0.1, 0.15) is 11.3 Å². The molecule has 1 aromatic carbocycles. The van der Waals surface area contributed by atoms with Crippen LogP contribution in [0.1, 0.15) is 5.69 Å². The van der Waals surface area contributed by atoms with E-state index in [2.05, 4.69) is 15.0 Å². The average molecular weight is 319 g/mol. The van der Waals surface area contributed by atoms with Crippen LogP contribution in [0.3, 0.4) is 0 Å². The van der Waals surface area contributed by atoms with Crippen molar-refractivity contribution in [1.82, 2.24) is 15.0 Å². The number of halogens is 1. The zero-order chi connectivity index (χ0) is 14.7. The van der Waals surface area contributed by atoms with Crippen LogP contribution in [0, 0.1) is 0 Å². The molecule has 0 aliphatic rings. The van der Waals surface area contributed by atoms with Crippen molar-refractivity contribution in [3.63, 3.8) is 0 Å². The second-order valence-corrected chi connectivity index (χ2v) is 5.59.